The van der Waals surface area contributed by atoms with Gasteiger partial charge in [0.05, 0.1) is 5.38 Å². The molecule has 1 heterocycles. The largest absolute Gasteiger partial charge is 0.192 e. The van der Waals surface area contributed by atoms with Crippen molar-refractivity contribution in [1.29, 1.82) is 5.26 Å². The van der Waals surface area contributed by atoms with Crippen LogP contribution in [0.4, 0.5) is 0 Å². The molecule has 0 aliphatic heterocycles. The van der Waals surface area contributed by atoms with E-state index in [1.165, 1.54) is 11.3 Å². The summed E-state index contributed by atoms with van der Waals surface area (Å²) in [7, 11) is 0. The van der Waals surface area contributed by atoms with Gasteiger partial charge in [0, 0.05) is 4.47 Å². The van der Waals surface area contributed by atoms with Crippen LogP contribution in [0.2, 0.25) is 0 Å². The lowest BCUT2D eigenvalue weighted by Gasteiger charge is -1.65. The number of rotatable bonds is 0. The second-order valence-corrected chi connectivity index (χ2v) is 2.87. The van der Waals surface area contributed by atoms with Gasteiger partial charge >= 0.3 is 0 Å². The second-order valence-electron chi connectivity index (χ2n) is 1.17. The van der Waals surface area contributed by atoms with Gasteiger partial charge in [0.2, 0.25) is 0 Å². The van der Waals surface area contributed by atoms with Gasteiger partial charge in [-0.2, -0.15) is 5.26 Å². The average Bonchev–Trinajstić information content (AvgIpc) is 2.14. The van der Waals surface area contributed by atoms with Gasteiger partial charge in [-0.05, 0) is 22.0 Å². The topological polar surface area (TPSA) is 23.8 Å². The highest BCUT2D eigenvalue weighted by molar-refractivity contribution is 9.10. The van der Waals surface area contributed by atoms with Crippen LogP contribution < -0.4 is 0 Å². The summed E-state index contributed by atoms with van der Waals surface area (Å²) in [5, 5.41) is 11.1. The molecule has 1 aromatic heterocycles. The predicted octanol–water partition coefficient (Wildman–Crippen LogP) is 2.18. The summed E-state index contributed by atoms with van der Waals surface area (Å²) in [6.07, 6.45) is 0. The zero-order valence-corrected chi connectivity index (χ0v) is 6.21. The summed E-state index contributed by atoms with van der Waals surface area (Å²) in [5.74, 6) is 0. The first kappa shape index (κ1) is 5.80. The molecular weight excluding hydrogens is 186 g/mol. The first-order valence-electron chi connectivity index (χ1n) is 1.90. The highest BCUT2D eigenvalue weighted by Crippen LogP contribution is 2.16. The number of hydrogen-bond donors (Lipinski definition) is 0. The van der Waals surface area contributed by atoms with Crippen molar-refractivity contribution in [2.24, 2.45) is 0 Å². The van der Waals surface area contributed by atoms with Crippen molar-refractivity contribution in [3.05, 3.63) is 20.8 Å². The van der Waals surface area contributed by atoms with Gasteiger partial charge in [-0.25, -0.2) is 0 Å². The van der Waals surface area contributed by atoms with E-state index in [1.54, 1.807) is 6.07 Å². The molecule has 1 nitrogen and oxygen atoms in total. The van der Waals surface area contributed by atoms with Crippen molar-refractivity contribution >= 4 is 27.3 Å². The fourth-order valence-electron chi connectivity index (χ4n) is 0.333. The normalized spacial score (nSPS) is 8.50. The summed E-state index contributed by atoms with van der Waals surface area (Å²) < 4.78 is 0.860. The molecule has 0 atom stereocenters. The third-order valence-electron chi connectivity index (χ3n) is 0.626. The number of thiophene rings is 1. The van der Waals surface area contributed by atoms with E-state index in [0.717, 1.165) is 4.47 Å². The summed E-state index contributed by atoms with van der Waals surface area (Å²) >= 11 is 4.49. The Morgan fingerprint density at radius 2 is 2.62 bits per heavy atom. The van der Waals surface area contributed by atoms with Crippen LogP contribution in [0.1, 0.15) is 4.88 Å². The number of halogens is 1. The molecule has 1 aromatic rings. The molecule has 0 saturated carbocycles. The predicted molar refractivity (Wildman–Crippen MR) is 35.6 cm³/mol. The Balaban J connectivity index is 3.05. The molecule has 3 heteroatoms. The van der Waals surface area contributed by atoms with E-state index in [2.05, 4.69) is 21.3 Å². The molecular formula is C5HBrNS. The van der Waals surface area contributed by atoms with Crippen LogP contribution in [0.3, 0.4) is 0 Å². The fraction of sp³-hybridized carbons (Fsp3) is 0. The quantitative estimate of drug-likeness (QED) is 0.610. The average molecular weight is 187 g/mol. The molecule has 0 fully saturated rings. The third kappa shape index (κ3) is 1.09. The molecule has 0 N–H and O–H groups in total. The smallest absolute Gasteiger partial charge is 0.110 e. The Hall–Kier alpha value is -0.330. The van der Waals surface area contributed by atoms with Crippen LogP contribution in [0.5, 0.6) is 0 Å². The van der Waals surface area contributed by atoms with Crippen molar-refractivity contribution in [2.45, 2.75) is 0 Å². The minimum Gasteiger partial charge on any atom is -0.192 e. The van der Waals surface area contributed by atoms with E-state index in [0.29, 0.717) is 4.88 Å². The van der Waals surface area contributed by atoms with E-state index in [-0.39, 0.29) is 0 Å². The van der Waals surface area contributed by atoms with Gasteiger partial charge in [-0.1, -0.05) is 0 Å². The maximum Gasteiger partial charge on any atom is 0.110 e. The van der Waals surface area contributed by atoms with Gasteiger partial charge in [-0.15, -0.1) is 11.3 Å². The molecule has 1 rings (SSSR count). The van der Waals surface area contributed by atoms with Gasteiger partial charge in [0.25, 0.3) is 0 Å². The minimum atomic E-state index is 0.692. The van der Waals surface area contributed by atoms with Crippen LogP contribution in [0, 0.1) is 16.7 Å². The Kier molecular flexibility index (Phi) is 1.66. The highest BCUT2D eigenvalue weighted by Gasteiger charge is 1.92. The maximum absolute atomic E-state index is 8.27. The molecule has 0 amide bonds. The molecule has 0 bridgehead atoms. The maximum atomic E-state index is 8.27. The van der Waals surface area contributed by atoms with Crippen molar-refractivity contribution < 1.29 is 0 Å². The summed E-state index contributed by atoms with van der Waals surface area (Å²) in [4.78, 5) is 0.692. The van der Waals surface area contributed by atoms with Crippen molar-refractivity contribution in [3.63, 3.8) is 0 Å². The lowest BCUT2D eigenvalue weighted by molar-refractivity contribution is 1.52. The molecule has 0 spiro atoms. The van der Waals surface area contributed by atoms with Crippen LogP contribution in [0.15, 0.2) is 10.5 Å². The molecule has 0 aromatic carbocycles. The first-order valence-corrected chi connectivity index (χ1v) is 3.51. The van der Waals surface area contributed by atoms with Crippen LogP contribution in [-0.4, -0.2) is 0 Å². The van der Waals surface area contributed by atoms with E-state index in [1.807, 2.05) is 6.07 Å². The van der Waals surface area contributed by atoms with Crippen molar-refractivity contribution in [1.82, 2.24) is 0 Å². The molecule has 39 valence electrons. The Morgan fingerprint density at radius 1 is 1.88 bits per heavy atom. The zero-order valence-electron chi connectivity index (χ0n) is 3.81. The summed E-state index contributed by atoms with van der Waals surface area (Å²) in [6, 6.07) is 3.75. The third-order valence-corrected chi connectivity index (χ3v) is 2.07. The lowest BCUT2D eigenvalue weighted by atomic mass is 10.5. The molecule has 0 unspecified atom stereocenters. The first-order chi connectivity index (χ1) is 3.83. The number of nitrogens with zero attached hydrogens (tertiary/aromatic N) is 1. The lowest BCUT2D eigenvalue weighted by Crippen LogP contribution is -1.52. The van der Waals surface area contributed by atoms with Gasteiger partial charge in [0.1, 0.15) is 10.9 Å². The van der Waals surface area contributed by atoms with Crippen LogP contribution in [-0.2, 0) is 0 Å². The molecule has 8 heavy (non-hydrogen) atoms. The molecule has 0 aliphatic carbocycles. The SMILES string of the molecule is N#Cc1cc(Br)[c]s1. The van der Waals surface area contributed by atoms with E-state index in [9.17, 15) is 0 Å². The highest BCUT2D eigenvalue weighted by atomic mass is 79.9. The van der Waals surface area contributed by atoms with Crippen LogP contribution >= 0.6 is 27.3 Å². The number of nitriles is 1. The Morgan fingerprint density at radius 3 is 2.88 bits per heavy atom. The molecule has 0 saturated heterocycles. The van der Waals surface area contributed by atoms with E-state index in [4.69, 9.17) is 5.26 Å². The summed E-state index contributed by atoms with van der Waals surface area (Å²) in [6.45, 7) is 0. The van der Waals surface area contributed by atoms with E-state index >= 15 is 0 Å². The van der Waals surface area contributed by atoms with E-state index < -0.39 is 0 Å². The van der Waals surface area contributed by atoms with Gasteiger partial charge in [-0.3, -0.25) is 0 Å². The standard InChI is InChI=1S/C5HBrNS/c6-4-1-5(2-7)8-3-4/h1H. The Labute approximate surface area is 59.7 Å². The number of hydrogen-bond acceptors (Lipinski definition) is 2. The van der Waals surface area contributed by atoms with Gasteiger partial charge in [0.15, 0.2) is 0 Å². The van der Waals surface area contributed by atoms with Crippen molar-refractivity contribution in [3.8, 4) is 6.07 Å². The second kappa shape index (κ2) is 2.29. The molecule has 1 radical (unpaired) electrons. The molecule has 0 aliphatic rings. The fourth-order valence-corrected chi connectivity index (χ4v) is 1.44. The van der Waals surface area contributed by atoms with Crippen LogP contribution in [0.25, 0.3) is 0 Å². The summed E-state index contributed by atoms with van der Waals surface area (Å²) in [5.41, 5.74) is 0. The zero-order chi connectivity index (χ0) is 5.98. The minimum absolute atomic E-state index is 0.692. The van der Waals surface area contributed by atoms with Crippen molar-refractivity contribution in [2.75, 3.05) is 0 Å². The Bertz CT molecular complexity index is 223. The monoisotopic (exact) mass is 186 g/mol. The van der Waals surface area contributed by atoms with Gasteiger partial charge < -0.3 is 0 Å².